The predicted octanol–water partition coefficient (Wildman–Crippen LogP) is 4.47. The number of rotatable bonds is 2. The lowest BCUT2D eigenvalue weighted by Gasteiger charge is -2.07. The Balaban J connectivity index is 3.05. The molecule has 0 radical (unpaired) electrons. The fourth-order valence-corrected chi connectivity index (χ4v) is 2.05. The number of ether oxygens (including phenoxy) is 1. The molecule has 1 aromatic carbocycles. The van der Waals surface area contributed by atoms with Crippen LogP contribution >= 0.6 is 43.5 Å². The SMILES string of the molecule is FC(F)Oc1cc(Br)cc(Br)c1Cl. The summed E-state index contributed by atoms with van der Waals surface area (Å²) in [7, 11) is 0. The van der Waals surface area contributed by atoms with Crippen molar-refractivity contribution in [3.63, 3.8) is 0 Å². The molecule has 72 valence electrons. The van der Waals surface area contributed by atoms with Crippen LogP contribution in [0.5, 0.6) is 5.75 Å². The molecule has 0 amide bonds. The standard InChI is InChI=1S/C7H3Br2ClF2O/c8-3-1-4(9)6(10)5(2-3)13-7(11)12/h1-2,7H. The number of hydrogen-bond acceptors (Lipinski definition) is 1. The van der Waals surface area contributed by atoms with Gasteiger partial charge in [-0.05, 0) is 28.1 Å². The molecule has 0 aromatic heterocycles. The molecule has 0 saturated heterocycles. The molecule has 0 heterocycles. The minimum Gasteiger partial charge on any atom is -0.433 e. The molecule has 1 nitrogen and oxygen atoms in total. The molecule has 0 aliphatic rings. The maximum Gasteiger partial charge on any atom is 0.387 e. The average molecular weight is 336 g/mol. The van der Waals surface area contributed by atoms with E-state index in [2.05, 4.69) is 36.6 Å². The van der Waals surface area contributed by atoms with Gasteiger partial charge in [0, 0.05) is 8.95 Å². The molecule has 0 fully saturated rings. The summed E-state index contributed by atoms with van der Waals surface area (Å²) in [6, 6.07) is 3.01. The summed E-state index contributed by atoms with van der Waals surface area (Å²) in [5.41, 5.74) is 0. The van der Waals surface area contributed by atoms with Crippen molar-refractivity contribution in [1.82, 2.24) is 0 Å². The first-order chi connectivity index (χ1) is 6.00. The maximum absolute atomic E-state index is 11.9. The fraction of sp³-hybridized carbons (Fsp3) is 0.143. The molecule has 0 spiro atoms. The molecule has 0 atom stereocenters. The van der Waals surface area contributed by atoms with E-state index >= 15 is 0 Å². The van der Waals surface area contributed by atoms with Crippen LogP contribution in [0.4, 0.5) is 8.78 Å². The average Bonchev–Trinajstić information content (AvgIpc) is 1.98. The van der Waals surface area contributed by atoms with Crippen LogP contribution in [-0.4, -0.2) is 6.61 Å². The zero-order chi connectivity index (χ0) is 10.0. The van der Waals surface area contributed by atoms with Crippen molar-refractivity contribution in [2.45, 2.75) is 6.61 Å². The van der Waals surface area contributed by atoms with Gasteiger partial charge in [-0.2, -0.15) is 8.78 Å². The van der Waals surface area contributed by atoms with Crippen LogP contribution < -0.4 is 4.74 Å². The van der Waals surface area contributed by atoms with Gasteiger partial charge in [-0.15, -0.1) is 0 Å². The van der Waals surface area contributed by atoms with E-state index in [1.807, 2.05) is 0 Å². The van der Waals surface area contributed by atoms with Crippen LogP contribution in [0.2, 0.25) is 5.02 Å². The zero-order valence-electron chi connectivity index (χ0n) is 6.03. The monoisotopic (exact) mass is 334 g/mol. The van der Waals surface area contributed by atoms with Crippen LogP contribution in [-0.2, 0) is 0 Å². The molecule has 1 aromatic rings. The van der Waals surface area contributed by atoms with Crippen LogP contribution in [0.15, 0.2) is 21.1 Å². The predicted molar refractivity (Wildman–Crippen MR) is 53.5 cm³/mol. The highest BCUT2D eigenvalue weighted by molar-refractivity contribution is 9.11. The van der Waals surface area contributed by atoms with Gasteiger partial charge in [0.2, 0.25) is 0 Å². The third-order valence-corrected chi connectivity index (χ3v) is 2.88. The number of benzene rings is 1. The molecule has 0 saturated carbocycles. The summed E-state index contributed by atoms with van der Waals surface area (Å²) in [5.74, 6) is -0.0575. The van der Waals surface area contributed by atoms with Gasteiger partial charge in [0.15, 0.2) is 0 Å². The second-order valence-electron chi connectivity index (χ2n) is 2.08. The molecule has 0 aliphatic carbocycles. The maximum atomic E-state index is 11.9. The van der Waals surface area contributed by atoms with Crippen molar-refractivity contribution in [2.75, 3.05) is 0 Å². The van der Waals surface area contributed by atoms with E-state index in [0.717, 1.165) is 0 Å². The van der Waals surface area contributed by atoms with Gasteiger partial charge in [0.05, 0.1) is 5.02 Å². The lowest BCUT2D eigenvalue weighted by Crippen LogP contribution is -2.02. The summed E-state index contributed by atoms with van der Waals surface area (Å²) >= 11 is 11.9. The summed E-state index contributed by atoms with van der Waals surface area (Å²) < 4.78 is 29.0. The fourth-order valence-electron chi connectivity index (χ4n) is 0.714. The van der Waals surface area contributed by atoms with Gasteiger partial charge in [0.1, 0.15) is 5.75 Å². The van der Waals surface area contributed by atoms with E-state index in [9.17, 15) is 8.78 Å². The molecule has 0 N–H and O–H groups in total. The first-order valence-corrected chi connectivity index (χ1v) is 5.06. The third kappa shape index (κ3) is 3.07. The van der Waals surface area contributed by atoms with E-state index in [4.69, 9.17) is 11.6 Å². The Kier molecular flexibility index (Phi) is 3.94. The highest BCUT2D eigenvalue weighted by Gasteiger charge is 2.11. The molecule has 1 rings (SSSR count). The van der Waals surface area contributed by atoms with Crippen molar-refractivity contribution in [1.29, 1.82) is 0 Å². The smallest absolute Gasteiger partial charge is 0.387 e. The first kappa shape index (κ1) is 11.2. The molecular weight excluding hydrogens is 333 g/mol. The zero-order valence-corrected chi connectivity index (χ0v) is 9.96. The molecule has 0 bridgehead atoms. The minimum atomic E-state index is -2.88. The normalized spacial score (nSPS) is 10.6. The van der Waals surface area contributed by atoms with E-state index in [1.54, 1.807) is 6.07 Å². The van der Waals surface area contributed by atoms with Gasteiger partial charge >= 0.3 is 6.61 Å². The van der Waals surface area contributed by atoms with E-state index < -0.39 is 6.61 Å². The van der Waals surface area contributed by atoms with Crippen LogP contribution in [0.3, 0.4) is 0 Å². The third-order valence-electron chi connectivity index (χ3n) is 1.18. The quantitative estimate of drug-likeness (QED) is 0.724. The van der Waals surface area contributed by atoms with Gasteiger partial charge < -0.3 is 4.74 Å². The van der Waals surface area contributed by atoms with E-state index in [-0.39, 0.29) is 10.8 Å². The number of halogens is 5. The molecule has 13 heavy (non-hydrogen) atoms. The first-order valence-electron chi connectivity index (χ1n) is 3.10. The van der Waals surface area contributed by atoms with Crippen molar-refractivity contribution >= 4 is 43.5 Å². The molecule has 0 aliphatic heterocycles. The highest BCUT2D eigenvalue weighted by Crippen LogP contribution is 2.36. The number of hydrogen-bond donors (Lipinski definition) is 0. The van der Waals surface area contributed by atoms with Crippen molar-refractivity contribution in [2.24, 2.45) is 0 Å². The Labute approximate surface area is 95.3 Å². The second kappa shape index (κ2) is 4.57. The Morgan fingerprint density at radius 1 is 1.31 bits per heavy atom. The Hall–Kier alpha value is 0.130. The molecule has 6 heteroatoms. The highest BCUT2D eigenvalue weighted by atomic mass is 79.9. The molecular formula is C7H3Br2ClF2O. The number of alkyl halides is 2. The second-order valence-corrected chi connectivity index (χ2v) is 4.23. The van der Waals surface area contributed by atoms with Crippen LogP contribution in [0, 0.1) is 0 Å². The van der Waals surface area contributed by atoms with Crippen molar-refractivity contribution in [3.05, 3.63) is 26.1 Å². The van der Waals surface area contributed by atoms with Crippen molar-refractivity contribution in [3.8, 4) is 5.75 Å². The minimum absolute atomic E-state index is 0.0575. The van der Waals surface area contributed by atoms with Gasteiger partial charge in [-0.1, -0.05) is 27.5 Å². The lowest BCUT2D eigenvalue weighted by molar-refractivity contribution is -0.0498. The van der Waals surface area contributed by atoms with Crippen LogP contribution in [0.1, 0.15) is 0 Å². The van der Waals surface area contributed by atoms with Gasteiger partial charge in [-0.3, -0.25) is 0 Å². The van der Waals surface area contributed by atoms with E-state index in [1.165, 1.54) is 6.07 Å². The van der Waals surface area contributed by atoms with Gasteiger partial charge in [0.25, 0.3) is 0 Å². The largest absolute Gasteiger partial charge is 0.433 e. The molecule has 0 unspecified atom stereocenters. The van der Waals surface area contributed by atoms with Gasteiger partial charge in [-0.25, -0.2) is 0 Å². The summed E-state index contributed by atoms with van der Waals surface area (Å²) in [6.07, 6.45) is 0. The Morgan fingerprint density at radius 3 is 2.46 bits per heavy atom. The van der Waals surface area contributed by atoms with E-state index in [0.29, 0.717) is 8.95 Å². The summed E-state index contributed by atoms with van der Waals surface area (Å²) in [6.45, 7) is -2.88. The van der Waals surface area contributed by atoms with Crippen molar-refractivity contribution < 1.29 is 13.5 Å². The topological polar surface area (TPSA) is 9.23 Å². The summed E-state index contributed by atoms with van der Waals surface area (Å²) in [5, 5.41) is 0.128. The Morgan fingerprint density at radius 2 is 1.92 bits per heavy atom. The Bertz CT molecular complexity index is 320. The lowest BCUT2D eigenvalue weighted by atomic mass is 10.3. The van der Waals surface area contributed by atoms with Crippen LogP contribution in [0.25, 0.3) is 0 Å². The summed E-state index contributed by atoms with van der Waals surface area (Å²) in [4.78, 5) is 0.